The van der Waals surface area contributed by atoms with E-state index in [2.05, 4.69) is 15.4 Å². The standard InChI is InChI=1S/C24H17N5O3/c1-15-6-2-3-8-20(15)29-23(31)17-10-9-16(14-18(17)24(29)32)22(30)27-19-7-4-11-25-21(19)28-13-5-12-26-28/h2-14H,1H3,(H,27,30). The number of anilines is 2. The summed E-state index contributed by atoms with van der Waals surface area (Å²) in [5, 5.41) is 6.96. The molecule has 156 valence electrons. The van der Waals surface area contributed by atoms with Crippen molar-refractivity contribution in [2.75, 3.05) is 10.2 Å². The van der Waals surface area contributed by atoms with Crippen molar-refractivity contribution in [2.45, 2.75) is 6.92 Å². The minimum absolute atomic E-state index is 0.199. The molecule has 0 spiro atoms. The van der Waals surface area contributed by atoms with Crippen LogP contribution in [-0.4, -0.2) is 32.5 Å². The molecule has 1 aliphatic heterocycles. The Bertz CT molecular complexity index is 1380. The third kappa shape index (κ3) is 3.14. The third-order valence-electron chi connectivity index (χ3n) is 5.26. The van der Waals surface area contributed by atoms with Crippen molar-refractivity contribution < 1.29 is 14.4 Å². The number of carbonyl (C=O) groups is 3. The monoisotopic (exact) mass is 423 g/mol. The van der Waals surface area contributed by atoms with E-state index >= 15 is 0 Å². The van der Waals surface area contributed by atoms with Gasteiger partial charge >= 0.3 is 0 Å². The second-order valence-electron chi connectivity index (χ2n) is 7.27. The zero-order chi connectivity index (χ0) is 22.2. The summed E-state index contributed by atoms with van der Waals surface area (Å²) in [5.74, 6) is -0.820. The molecule has 0 aliphatic carbocycles. The van der Waals surface area contributed by atoms with E-state index in [1.165, 1.54) is 18.2 Å². The molecular weight excluding hydrogens is 406 g/mol. The number of rotatable bonds is 4. The van der Waals surface area contributed by atoms with Crippen LogP contribution in [0, 0.1) is 6.92 Å². The highest BCUT2D eigenvalue weighted by Crippen LogP contribution is 2.31. The van der Waals surface area contributed by atoms with Crippen molar-refractivity contribution in [3.63, 3.8) is 0 Å². The van der Waals surface area contributed by atoms with Crippen LogP contribution < -0.4 is 10.2 Å². The Morgan fingerprint density at radius 3 is 2.50 bits per heavy atom. The second kappa shape index (κ2) is 7.59. The molecule has 0 radical (unpaired) electrons. The number of nitrogens with one attached hydrogen (secondary N) is 1. The van der Waals surface area contributed by atoms with E-state index in [0.29, 0.717) is 17.2 Å². The minimum atomic E-state index is -0.451. The van der Waals surface area contributed by atoms with Gasteiger partial charge in [-0.2, -0.15) is 5.10 Å². The molecule has 3 heterocycles. The van der Waals surface area contributed by atoms with Crippen molar-refractivity contribution in [1.82, 2.24) is 14.8 Å². The molecule has 0 bridgehead atoms. The van der Waals surface area contributed by atoms with Crippen molar-refractivity contribution in [2.24, 2.45) is 0 Å². The summed E-state index contributed by atoms with van der Waals surface area (Å²) in [6.07, 6.45) is 4.94. The number of fused-ring (bicyclic) bond motifs is 1. The van der Waals surface area contributed by atoms with E-state index < -0.39 is 17.7 Å². The first-order chi connectivity index (χ1) is 15.5. The summed E-state index contributed by atoms with van der Waals surface area (Å²) in [6.45, 7) is 1.84. The van der Waals surface area contributed by atoms with Gasteiger partial charge in [-0.1, -0.05) is 18.2 Å². The lowest BCUT2D eigenvalue weighted by Crippen LogP contribution is -2.29. The van der Waals surface area contributed by atoms with Crippen molar-refractivity contribution in [1.29, 1.82) is 0 Å². The second-order valence-corrected chi connectivity index (χ2v) is 7.27. The lowest BCUT2D eigenvalue weighted by Gasteiger charge is -2.16. The summed E-state index contributed by atoms with van der Waals surface area (Å²) in [5.41, 5.74) is 2.53. The van der Waals surface area contributed by atoms with Crippen LogP contribution in [0.1, 0.15) is 36.6 Å². The summed E-state index contributed by atoms with van der Waals surface area (Å²) in [7, 11) is 0. The molecule has 1 aliphatic rings. The Hall–Kier alpha value is -4.59. The number of hydrogen-bond acceptors (Lipinski definition) is 5. The summed E-state index contributed by atoms with van der Waals surface area (Å²) < 4.78 is 1.54. The Balaban J connectivity index is 1.46. The fourth-order valence-corrected chi connectivity index (χ4v) is 3.68. The van der Waals surface area contributed by atoms with Crippen LogP contribution in [0.4, 0.5) is 11.4 Å². The highest BCUT2D eigenvalue weighted by Gasteiger charge is 2.37. The van der Waals surface area contributed by atoms with Crippen LogP contribution in [0.3, 0.4) is 0 Å². The third-order valence-corrected chi connectivity index (χ3v) is 5.26. The SMILES string of the molecule is Cc1ccccc1N1C(=O)c2ccc(C(=O)Nc3cccnc3-n3cccn3)cc2C1=O. The normalized spacial score (nSPS) is 12.7. The molecule has 2 aromatic carbocycles. The fourth-order valence-electron chi connectivity index (χ4n) is 3.68. The lowest BCUT2D eigenvalue weighted by molar-refractivity contribution is 0.0925. The minimum Gasteiger partial charge on any atom is -0.319 e. The first-order valence-electron chi connectivity index (χ1n) is 9.89. The molecule has 0 atom stereocenters. The highest BCUT2D eigenvalue weighted by molar-refractivity contribution is 6.35. The molecule has 1 N–H and O–H groups in total. The predicted octanol–water partition coefficient (Wildman–Crippen LogP) is 3.63. The van der Waals surface area contributed by atoms with Gasteiger partial charge in [-0.05, 0) is 55.0 Å². The van der Waals surface area contributed by atoms with Crippen LogP contribution in [0.2, 0.25) is 0 Å². The maximum Gasteiger partial charge on any atom is 0.266 e. The average Bonchev–Trinajstić information content (AvgIpc) is 3.42. The Morgan fingerprint density at radius 2 is 1.72 bits per heavy atom. The van der Waals surface area contributed by atoms with Gasteiger partial charge in [0.1, 0.15) is 0 Å². The maximum absolute atomic E-state index is 13.1. The van der Waals surface area contributed by atoms with Crippen LogP contribution >= 0.6 is 0 Å². The first-order valence-corrected chi connectivity index (χ1v) is 9.89. The summed E-state index contributed by atoms with van der Waals surface area (Å²) in [4.78, 5) is 44.3. The van der Waals surface area contributed by atoms with Gasteiger partial charge in [0, 0.05) is 24.2 Å². The van der Waals surface area contributed by atoms with E-state index in [1.807, 2.05) is 19.1 Å². The number of aryl methyl sites for hydroxylation is 1. The Kier molecular flexibility index (Phi) is 4.59. The molecule has 0 saturated heterocycles. The van der Waals surface area contributed by atoms with Gasteiger partial charge in [0.25, 0.3) is 17.7 Å². The molecule has 8 heteroatoms. The Morgan fingerprint density at radius 1 is 0.906 bits per heavy atom. The van der Waals surface area contributed by atoms with Gasteiger partial charge in [0.05, 0.1) is 22.5 Å². The number of imide groups is 1. The van der Waals surface area contributed by atoms with Gasteiger partial charge in [-0.15, -0.1) is 0 Å². The molecule has 32 heavy (non-hydrogen) atoms. The van der Waals surface area contributed by atoms with Crippen molar-refractivity contribution in [3.8, 4) is 5.82 Å². The zero-order valence-corrected chi connectivity index (χ0v) is 17.0. The largest absolute Gasteiger partial charge is 0.319 e. The first kappa shape index (κ1) is 19.4. The average molecular weight is 423 g/mol. The molecule has 3 amide bonds. The number of aromatic nitrogens is 3. The van der Waals surface area contributed by atoms with Gasteiger partial charge in [-0.25, -0.2) is 14.6 Å². The molecule has 8 nitrogen and oxygen atoms in total. The molecule has 5 rings (SSSR count). The van der Waals surface area contributed by atoms with Crippen LogP contribution in [0.25, 0.3) is 5.82 Å². The number of pyridine rings is 1. The molecule has 0 saturated carbocycles. The molecule has 0 unspecified atom stereocenters. The van der Waals surface area contributed by atoms with Crippen LogP contribution in [0.5, 0.6) is 0 Å². The van der Waals surface area contributed by atoms with Gasteiger partial charge in [-0.3, -0.25) is 14.4 Å². The zero-order valence-electron chi connectivity index (χ0n) is 17.0. The van der Waals surface area contributed by atoms with E-state index in [1.54, 1.807) is 53.6 Å². The topological polar surface area (TPSA) is 97.2 Å². The molecule has 2 aromatic heterocycles. The summed E-state index contributed by atoms with van der Waals surface area (Å²) in [6, 6.07) is 16.8. The van der Waals surface area contributed by atoms with Crippen molar-refractivity contribution >= 4 is 29.1 Å². The number of carbonyl (C=O) groups excluding carboxylic acids is 3. The van der Waals surface area contributed by atoms with Crippen LogP contribution in [0.15, 0.2) is 79.3 Å². The quantitative estimate of drug-likeness (QED) is 0.506. The lowest BCUT2D eigenvalue weighted by atomic mass is 10.1. The number of amides is 3. The van der Waals surface area contributed by atoms with Crippen LogP contribution in [-0.2, 0) is 0 Å². The number of hydrogen-bond donors (Lipinski definition) is 1. The number of para-hydroxylation sites is 1. The maximum atomic E-state index is 13.1. The fraction of sp³-hybridized carbons (Fsp3) is 0.0417. The van der Waals surface area contributed by atoms with Crippen molar-refractivity contribution in [3.05, 3.63) is 102 Å². The van der Waals surface area contributed by atoms with Gasteiger partial charge in [0.2, 0.25) is 0 Å². The molecule has 4 aromatic rings. The molecule has 0 fully saturated rings. The van der Waals surface area contributed by atoms with Gasteiger partial charge < -0.3 is 5.32 Å². The van der Waals surface area contributed by atoms with Gasteiger partial charge in [0.15, 0.2) is 5.82 Å². The Labute approximate surface area is 183 Å². The highest BCUT2D eigenvalue weighted by atomic mass is 16.2. The predicted molar refractivity (Wildman–Crippen MR) is 118 cm³/mol. The van der Waals surface area contributed by atoms with E-state index in [4.69, 9.17) is 0 Å². The van der Waals surface area contributed by atoms with E-state index in [-0.39, 0.29) is 16.7 Å². The smallest absolute Gasteiger partial charge is 0.266 e. The summed E-state index contributed by atoms with van der Waals surface area (Å²) >= 11 is 0. The number of nitrogens with zero attached hydrogens (tertiary/aromatic N) is 4. The number of benzene rings is 2. The molecular formula is C24H17N5O3. The van der Waals surface area contributed by atoms with E-state index in [9.17, 15) is 14.4 Å². The van der Waals surface area contributed by atoms with E-state index in [0.717, 1.165) is 10.5 Å².